The molecule has 0 unspecified atom stereocenters. The lowest BCUT2D eigenvalue weighted by Crippen LogP contribution is -2.23. The molecule has 0 aliphatic carbocycles. The molecule has 0 aliphatic rings. The van der Waals surface area contributed by atoms with Crippen molar-refractivity contribution in [2.45, 2.75) is 13.1 Å². The maximum absolute atomic E-state index is 12.4. The number of carbonyl (C=O) groups excluding carboxylic acids is 1. The molecule has 0 bridgehead atoms. The SMILES string of the molecule is COc1ccc(OC)c(C(=O)NCc2ccc(CN(C)C)cc2)c1. The maximum Gasteiger partial charge on any atom is 0.255 e. The first kappa shape index (κ1) is 17.8. The lowest BCUT2D eigenvalue weighted by atomic mass is 10.1. The first-order valence-electron chi connectivity index (χ1n) is 7.76. The minimum atomic E-state index is -0.192. The molecule has 0 radical (unpaired) electrons. The van der Waals surface area contributed by atoms with Gasteiger partial charge in [0.1, 0.15) is 11.5 Å². The summed E-state index contributed by atoms with van der Waals surface area (Å²) in [7, 11) is 7.19. The molecule has 1 N–H and O–H groups in total. The van der Waals surface area contributed by atoms with Crippen molar-refractivity contribution in [3.05, 3.63) is 59.2 Å². The number of nitrogens with zero attached hydrogens (tertiary/aromatic N) is 1. The monoisotopic (exact) mass is 328 g/mol. The Morgan fingerprint density at radius 2 is 1.67 bits per heavy atom. The van der Waals surface area contributed by atoms with E-state index in [1.165, 1.54) is 5.56 Å². The van der Waals surface area contributed by atoms with E-state index in [1.807, 2.05) is 26.2 Å². The summed E-state index contributed by atoms with van der Waals surface area (Å²) < 4.78 is 10.4. The fourth-order valence-electron chi connectivity index (χ4n) is 2.40. The highest BCUT2D eigenvalue weighted by atomic mass is 16.5. The van der Waals surface area contributed by atoms with Crippen LogP contribution < -0.4 is 14.8 Å². The number of hydrogen-bond donors (Lipinski definition) is 1. The smallest absolute Gasteiger partial charge is 0.255 e. The van der Waals surface area contributed by atoms with E-state index in [9.17, 15) is 4.79 Å². The Balaban J connectivity index is 2.02. The molecule has 0 fully saturated rings. The first-order valence-corrected chi connectivity index (χ1v) is 7.76. The van der Waals surface area contributed by atoms with Gasteiger partial charge in [-0.25, -0.2) is 0 Å². The minimum absolute atomic E-state index is 0.192. The summed E-state index contributed by atoms with van der Waals surface area (Å²) >= 11 is 0. The summed E-state index contributed by atoms with van der Waals surface area (Å²) in [6, 6.07) is 13.4. The van der Waals surface area contributed by atoms with Gasteiger partial charge in [0.25, 0.3) is 5.91 Å². The number of nitrogens with one attached hydrogen (secondary N) is 1. The third-order valence-corrected chi connectivity index (χ3v) is 3.63. The summed E-state index contributed by atoms with van der Waals surface area (Å²) in [5.41, 5.74) is 2.75. The highest BCUT2D eigenvalue weighted by molar-refractivity contribution is 5.97. The van der Waals surface area contributed by atoms with Gasteiger partial charge in [0.2, 0.25) is 0 Å². The van der Waals surface area contributed by atoms with Crippen molar-refractivity contribution in [2.24, 2.45) is 0 Å². The molecule has 0 atom stereocenters. The van der Waals surface area contributed by atoms with Crippen LogP contribution in [0, 0.1) is 0 Å². The van der Waals surface area contributed by atoms with Crippen molar-refractivity contribution < 1.29 is 14.3 Å². The van der Waals surface area contributed by atoms with Gasteiger partial charge in [-0.1, -0.05) is 24.3 Å². The van der Waals surface area contributed by atoms with E-state index in [4.69, 9.17) is 9.47 Å². The summed E-state index contributed by atoms with van der Waals surface area (Å²) in [5.74, 6) is 0.951. The fraction of sp³-hybridized carbons (Fsp3) is 0.316. The molecule has 2 rings (SSSR count). The van der Waals surface area contributed by atoms with Crippen LogP contribution in [0.15, 0.2) is 42.5 Å². The van der Waals surface area contributed by atoms with Crippen molar-refractivity contribution in [2.75, 3.05) is 28.3 Å². The van der Waals surface area contributed by atoms with Crippen LogP contribution in [0.3, 0.4) is 0 Å². The van der Waals surface area contributed by atoms with Gasteiger partial charge in [0, 0.05) is 13.1 Å². The third-order valence-electron chi connectivity index (χ3n) is 3.63. The van der Waals surface area contributed by atoms with Crippen LogP contribution in [0.25, 0.3) is 0 Å². The summed E-state index contributed by atoms with van der Waals surface area (Å²) in [6.07, 6.45) is 0. The molecule has 0 saturated heterocycles. The van der Waals surface area contributed by atoms with E-state index in [1.54, 1.807) is 32.4 Å². The van der Waals surface area contributed by atoms with Crippen LogP contribution in [0.4, 0.5) is 0 Å². The summed E-state index contributed by atoms with van der Waals surface area (Å²) in [5, 5.41) is 2.92. The van der Waals surface area contributed by atoms with E-state index in [0.29, 0.717) is 23.6 Å². The Morgan fingerprint density at radius 1 is 1.00 bits per heavy atom. The molecule has 0 aromatic heterocycles. The van der Waals surface area contributed by atoms with Crippen molar-refractivity contribution in [1.82, 2.24) is 10.2 Å². The Morgan fingerprint density at radius 3 is 2.25 bits per heavy atom. The predicted octanol–water partition coefficient (Wildman–Crippen LogP) is 2.70. The topological polar surface area (TPSA) is 50.8 Å². The van der Waals surface area contributed by atoms with Gasteiger partial charge in [-0.05, 0) is 43.4 Å². The Hall–Kier alpha value is -2.53. The average molecular weight is 328 g/mol. The van der Waals surface area contributed by atoms with Crippen molar-refractivity contribution in [3.8, 4) is 11.5 Å². The number of rotatable bonds is 7. The van der Waals surface area contributed by atoms with Gasteiger partial charge in [-0.2, -0.15) is 0 Å². The Bertz CT molecular complexity index is 682. The highest BCUT2D eigenvalue weighted by Crippen LogP contribution is 2.23. The number of hydrogen-bond acceptors (Lipinski definition) is 4. The fourth-order valence-corrected chi connectivity index (χ4v) is 2.40. The first-order chi connectivity index (χ1) is 11.5. The van der Waals surface area contributed by atoms with E-state index in [2.05, 4.69) is 22.3 Å². The number of amides is 1. The summed E-state index contributed by atoms with van der Waals surface area (Å²) in [4.78, 5) is 14.5. The van der Waals surface area contributed by atoms with Crippen molar-refractivity contribution >= 4 is 5.91 Å². The predicted molar refractivity (Wildman–Crippen MR) is 94.5 cm³/mol. The van der Waals surface area contributed by atoms with Crippen LogP contribution >= 0.6 is 0 Å². The van der Waals surface area contributed by atoms with Crippen LogP contribution in [-0.4, -0.2) is 39.1 Å². The molecule has 128 valence electrons. The van der Waals surface area contributed by atoms with E-state index in [0.717, 1.165) is 12.1 Å². The molecular formula is C19H24N2O3. The molecule has 5 nitrogen and oxygen atoms in total. The van der Waals surface area contributed by atoms with Gasteiger partial charge in [-0.15, -0.1) is 0 Å². The van der Waals surface area contributed by atoms with E-state index < -0.39 is 0 Å². The van der Waals surface area contributed by atoms with Gasteiger partial charge in [0.05, 0.1) is 19.8 Å². The third kappa shape index (κ3) is 4.73. The highest BCUT2D eigenvalue weighted by Gasteiger charge is 2.13. The van der Waals surface area contributed by atoms with Crippen LogP contribution in [-0.2, 0) is 13.1 Å². The molecule has 1 amide bonds. The molecule has 0 saturated carbocycles. The van der Waals surface area contributed by atoms with Crippen molar-refractivity contribution in [3.63, 3.8) is 0 Å². The van der Waals surface area contributed by atoms with Crippen molar-refractivity contribution in [1.29, 1.82) is 0 Å². The second-order valence-electron chi connectivity index (χ2n) is 5.80. The van der Waals surface area contributed by atoms with Gasteiger partial charge >= 0.3 is 0 Å². The standard InChI is InChI=1S/C19H24N2O3/c1-21(2)13-15-7-5-14(6-8-15)12-20-19(22)17-11-16(23-3)9-10-18(17)24-4/h5-11H,12-13H2,1-4H3,(H,20,22). The second kappa shape index (κ2) is 8.36. The van der Waals surface area contributed by atoms with Gasteiger partial charge in [0.15, 0.2) is 0 Å². The minimum Gasteiger partial charge on any atom is -0.497 e. The number of ether oxygens (including phenoxy) is 2. The molecule has 24 heavy (non-hydrogen) atoms. The normalized spacial score (nSPS) is 10.5. The number of benzene rings is 2. The molecular weight excluding hydrogens is 304 g/mol. The molecule has 0 aliphatic heterocycles. The summed E-state index contributed by atoms with van der Waals surface area (Å²) in [6.45, 7) is 1.36. The molecule has 2 aromatic carbocycles. The van der Waals surface area contributed by atoms with E-state index in [-0.39, 0.29) is 5.91 Å². The zero-order chi connectivity index (χ0) is 17.5. The van der Waals surface area contributed by atoms with E-state index >= 15 is 0 Å². The lowest BCUT2D eigenvalue weighted by molar-refractivity contribution is 0.0947. The van der Waals surface area contributed by atoms with Crippen LogP contribution in [0.5, 0.6) is 11.5 Å². The molecule has 0 spiro atoms. The van der Waals surface area contributed by atoms with Crippen LogP contribution in [0.1, 0.15) is 21.5 Å². The quantitative estimate of drug-likeness (QED) is 0.849. The number of methoxy groups -OCH3 is 2. The Kier molecular flexibility index (Phi) is 6.21. The van der Waals surface area contributed by atoms with Crippen LogP contribution in [0.2, 0.25) is 0 Å². The second-order valence-corrected chi connectivity index (χ2v) is 5.80. The Labute approximate surface area is 143 Å². The molecule has 5 heteroatoms. The maximum atomic E-state index is 12.4. The zero-order valence-corrected chi connectivity index (χ0v) is 14.6. The van der Waals surface area contributed by atoms with Gasteiger partial charge in [-0.3, -0.25) is 4.79 Å². The van der Waals surface area contributed by atoms with Gasteiger partial charge < -0.3 is 19.7 Å². The molecule has 2 aromatic rings. The number of carbonyl (C=O) groups is 1. The zero-order valence-electron chi connectivity index (χ0n) is 14.6. The molecule has 0 heterocycles. The lowest BCUT2D eigenvalue weighted by Gasteiger charge is -2.12. The average Bonchev–Trinajstić information content (AvgIpc) is 2.59. The largest absolute Gasteiger partial charge is 0.497 e.